The first-order valence-electron chi connectivity index (χ1n) is 7.33. The van der Waals surface area contributed by atoms with E-state index >= 15 is 0 Å². The number of nitrogens with zero attached hydrogens (tertiary/aromatic N) is 3. The van der Waals surface area contributed by atoms with Crippen LogP contribution in [0.2, 0.25) is 0 Å². The SMILES string of the molecule is CC1(C)CCc2c(-c3ccc4nc(N)cn4c3)n[nH]c2C1. The fourth-order valence-corrected chi connectivity index (χ4v) is 3.24. The predicted molar refractivity (Wildman–Crippen MR) is 83.0 cm³/mol. The maximum Gasteiger partial charge on any atom is 0.142 e. The molecule has 0 atom stereocenters. The third-order valence-corrected chi connectivity index (χ3v) is 4.40. The minimum atomic E-state index is 0.361. The van der Waals surface area contributed by atoms with E-state index in [1.54, 1.807) is 0 Å². The Morgan fingerprint density at radius 2 is 2.14 bits per heavy atom. The van der Waals surface area contributed by atoms with Crippen LogP contribution >= 0.6 is 0 Å². The van der Waals surface area contributed by atoms with Gasteiger partial charge in [-0.15, -0.1) is 0 Å². The summed E-state index contributed by atoms with van der Waals surface area (Å²) in [5.74, 6) is 0.540. The van der Waals surface area contributed by atoms with Crippen LogP contribution in [-0.4, -0.2) is 19.6 Å². The number of anilines is 1. The number of imidazole rings is 1. The van der Waals surface area contributed by atoms with Gasteiger partial charge in [0.1, 0.15) is 11.5 Å². The standard InChI is InChI=1S/C16H19N5/c1-16(2)6-5-11-12(7-16)19-20-15(11)10-3-4-14-18-13(17)9-21(14)8-10/h3-4,8-9H,5-7,17H2,1-2H3,(H,19,20). The summed E-state index contributed by atoms with van der Waals surface area (Å²) in [6.07, 6.45) is 7.23. The zero-order chi connectivity index (χ0) is 14.6. The number of rotatable bonds is 1. The van der Waals surface area contributed by atoms with Crippen molar-refractivity contribution in [2.24, 2.45) is 5.41 Å². The van der Waals surface area contributed by atoms with Crippen molar-refractivity contribution in [1.29, 1.82) is 0 Å². The first-order chi connectivity index (χ1) is 10.0. The number of hydrogen-bond donors (Lipinski definition) is 2. The molecule has 0 amide bonds. The second-order valence-electron chi connectivity index (χ2n) is 6.72. The lowest BCUT2D eigenvalue weighted by Gasteiger charge is -2.29. The van der Waals surface area contributed by atoms with Gasteiger partial charge < -0.3 is 10.1 Å². The van der Waals surface area contributed by atoms with E-state index in [1.165, 1.54) is 17.7 Å². The average Bonchev–Trinajstić information content (AvgIpc) is 2.98. The molecule has 1 aliphatic rings. The van der Waals surface area contributed by atoms with Gasteiger partial charge in [0.25, 0.3) is 0 Å². The molecule has 0 aromatic carbocycles. The van der Waals surface area contributed by atoms with Gasteiger partial charge in [-0.2, -0.15) is 5.10 Å². The Labute approximate surface area is 123 Å². The second kappa shape index (κ2) is 4.10. The smallest absolute Gasteiger partial charge is 0.142 e. The Morgan fingerprint density at radius 3 is 3.00 bits per heavy atom. The number of H-pyrrole nitrogens is 1. The van der Waals surface area contributed by atoms with E-state index in [0.717, 1.165) is 29.7 Å². The first kappa shape index (κ1) is 12.4. The molecule has 0 bridgehead atoms. The second-order valence-corrected chi connectivity index (χ2v) is 6.72. The summed E-state index contributed by atoms with van der Waals surface area (Å²) in [4.78, 5) is 4.25. The fraction of sp³-hybridized carbons (Fsp3) is 0.375. The van der Waals surface area contributed by atoms with E-state index < -0.39 is 0 Å². The average molecular weight is 281 g/mol. The Kier molecular flexibility index (Phi) is 2.43. The van der Waals surface area contributed by atoms with Gasteiger partial charge in [-0.3, -0.25) is 5.10 Å². The molecule has 0 saturated heterocycles. The van der Waals surface area contributed by atoms with Gasteiger partial charge in [-0.1, -0.05) is 13.8 Å². The molecular formula is C16H19N5. The molecule has 0 aliphatic heterocycles. The number of fused-ring (bicyclic) bond motifs is 2. The molecule has 108 valence electrons. The molecule has 0 spiro atoms. The normalized spacial score (nSPS) is 17.0. The van der Waals surface area contributed by atoms with E-state index in [1.807, 2.05) is 16.7 Å². The maximum atomic E-state index is 5.75. The van der Waals surface area contributed by atoms with Crippen molar-refractivity contribution < 1.29 is 0 Å². The van der Waals surface area contributed by atoms with Crippen molar-refractivity contribution in [3.63, 3.8) is 0 Å². The minimum Gasteiger partial charge on any atom is -0.382 e. The van der Waals surface area contributed by atoms with Crippen molar-refractivity contribution in [3.8, 4) is 11.3 Å². The van der Waals surface area contributed by atoms with Crippen LogP contribution in [-0.2, 0) is 12.8 Å². The molecule has 21 heavy (non-hydrogen) atoms. The van der Waals surface area contributed by atoms with Crippen LogP contribution in [0.4, 0.5) is 5.82 Å². The van der Waals surface area contributed by atoms with Gasteiger partial charge in [0.15, 0.2) is 0 Å². The molecular weight excluding hydrogens is 262 g/mol. The van der Waals surface area contributed by atoms with Crippen molar-refractivity contribution in [3.05, 3.63) is 35.8 Å². The lowest BCUT2D eigenvalue weighted by molar-refractivity contribution is 0.312. The molecule has 0 unspecified atom stereocenters. The van der Waals surface area contributed by atoms with Crippen molar-refractivity contribution in [2.45, 2.75) is 33.1 Å². The highest BCUT2D eigenvalue weighted by Crippen LogP contribution is 2.37. The summed E-state index contributed by atoms with van der Waals surface area (Å²) < 4.78 is 1.96. The van der Waals surface area contributed by atoms with Gasteiger partial charge in [0.2, 0.25) is 0 Å². The molecule has 4 rings (SSSR count). The Hall–Kier alpha value is -2.30. The predicted octanol–water partition coefficient (Wildman–Crippen LogP) is 2.82. The molecule has 1 aliphatic carbocycles. The molecule has 3 aromatic rings. The molecule has 3 heterocycles. The number of hydrogen-bond acceptors (Lipinski definition) is 3. The number of nitrogens with one attached hydrogen (secondary N) is 1. The minimum absolute atomic E-state index is 0.361. The summed E-state index contributed by atoms with van der Waals surface area (Å²) in [6, 6.07) is 4.05. The third kappa shape index (κ3) is 2.00. The Bertz CT molecular complexity index is 824. The van der Waals surface area contributed by atoms with Crippen LogP contribution in [0.5, 0.6) is 0 Å². The zero-order valence-electron chi connectivity index (χ0n) is 12.3. The largest absolute Gasteiger partial charge is 0.382 e. The molecule has 0 fully saturated rings. The van der Waals surface area contributed by atoms with E-state index in [2.05, 4.69) is 41.3 Å². The van der Waals surface area contributed by atoms with E-state index in [4.69, 9.17) is 5.73 Å². The molecule has 3 N–H and O–H groups in total. The van der Waals surface area contributed by atoms with Crippen LogP contribution in [0.25, 0.3) is 16.9 Å². The number of aromatic nitrogens is 4. The van der Waals surface area contributed by atoms with Crippen LogP contribution in [0.15, 0.2) is 24.5 Å². The van der Waals surface area contributed by atoms with E-state index in [9.17, 15) is 0 Å². The summed E-state index contributed by atoms with van der Waals surface area (Å²) in [7, 11) is 0. The summed E-state index contributed by atoms with van der Waals surface area (Å²) in [5, 5.41) is 7.79. The molecule has 5 heteroatoms. The summed E-state index contributed by atoms with van der Waals surface area (Å²) in [5.41, 5.74) is 11.8. The number of aromatic amines is 1. The third-order valence-electron chi connectivity index (χ3n) is 4.40. The Morgan fingerprint density at radius 1 is 1.29 bits per heavy atom. The quantitative estimate of drug-likeness (QED) is 0.720. The lowest BCUT2D eigenvalue weighted by Crippen LogP contribution is -2.21. The highest BCUT2D eigenvalue weighted by molar-refractivity contribution is 5.66. The van der Waals surface area contributed by atoms with E-state index in [-0.39, 0.29) is 0 Å². The molecule has 5 nitrogen and oxygen atoms in total. The maximum absolute atomic E-state index is 5.75. The molecule has 0 radical (unpaired) electrons. The summed E-state index contributed by atoms with van der Waals surface area (Å²) in [6.45, 7) is 4.63. The van der Waals surface area contributed by atoms with E-state index in [0.29, 0.717) is 11.2 Å². The fourth-order valence-electron chi connectivity index (χ4n) is 3.24. The topological polar surface area (TPSA) is 72.0 Å². The van der Waals surface area contributed by atoms with Gasteiger partial charge in [-0.25, -0.2) is 4.98 Å². The molecule has 3 aromatic heterocycles. The first-order valence-corrected chi connectivity index (χ1v) is 7.33. The van der Waals surface area contributed by atoms with Crippen molar-refractivity contribution in [1.82, 2.24) is 19.6 Å². The highest BCUT2D eigenvalue weighted by Gasteiger charge is 2.29. The van der Waals surface area contributed by atoms with Crippen LogP contribution in [0, 0.1) is 5.41 Å². The zero-order valence-corrected chi connectivity index (χ0v) is 12.3. The van der Waals surface area contributed by atoms with Crippen LogP contribution in [0.3, 0.4) is 0 Å². The molecule has 0 saturated carbocycles. The van der Waals surface area contributed by atoms with Gasteiger partial charge in [0, 0.05) is 23.0 Å². The highest BCUT2D eigenvalue weighted by atomic mass is 15.1. The number of nitrogens with two attached hydrogens (primary N) is 1. The van der Waals surface area contributed by atoms with Crippen LogP contribution < -0.4 is 5.73 Å². The van der Waals surface area contributed by atoms with Gasteiger partial charge in [-0.05, 0) is 36.8 Å². The van der Waals surface area contributed by atoms with Gasteiger partial charge in [0.05, 0.1) is 11.9 Å². The number of nitrogen functional groups attached to an aromatic ring is 1. The summed E-state index contributed by atoms with van der Waals surface area (Å²) >= 11 is 0. The van der Waals surface area contributed by atoms with Crippen molar-refractivity contribution in [2.75, 3.05) is 5.73 Å². The Balaban J connectivity index is 1.81. The van der Waals surface area contributed by atoms with Crippen molar-refractivity contribution >= 4 is 11.5 Å². The number of pyridine rings is 1. The monoisotopic (exact) mass is 281 g/mol. The lowest BCUT2D eigenvalue weighted by atomic mass is 9.76. The van der Waals surface area contributed by atoms with Crippen LogP contribution in [0.1, 0.15) is 31.5 Å². The van der Waals surface area contributed by atoms with Gasteiger partial charge >= 0.3 is 0 Å².